The maximum Gasteiger partial charge on any atom is 0.280 e. The summed E-state index contributed by atoms with van der Waals surface area (Å²) in [6, 6.07) is 7.06. The van der Waals surface area contributed by atoms with Crippen molar-refractivity contribution in [2.24, 2.45) is 0 Å². The zero-order valence-electron chi connectivity index (χ0n) is 16.4. The van der Waals surface area contributed by atoms with Gasteiger partial charge in [-0.3, -0.25) is 9.48 Å². The lowest BCUT2D eigenvalue weighted by atomic mass is 10.1. The van der Waals surface area contributed by atoms with E-state index in [1.165, 1.54) is 18.2 Å². The first-order valence-electron chi connectivity index (χ1n) is 9.71. The Morgan fingerprint density at radius 3 is 2.80 bits per heavy atom. The third kappa shape index (κ3) is 4.24. The molecule has 1 atom stereocenters. The molecule has 0 N–H and O–H groups in total. The molecule has 9 heteroatoms. The molecule has 3 aromatic rings. The van der Waals surface area contributed by atoms with Crippen molar-refractivity contribution in [3.8, 4) is 0 Å². The standard InChI is InChI=1S/C21H21F3N4O2/c1-13-9-18(20(23)24)28(26-13)12-19(29)27-8-2-3-17(27)21-25-11-16(30-21)10-14-4-6-15(22)7-5-14/h4-7,9,11,17,20H,2-3,8,10,12H2,1H3/t17-/m1/s1. The Hall–Kier alpha value is -3.10. The molecule has 0 unspecified atom stereocenters. The molecule has 0 bridgehead atoms. The second-order valence-electron chi connectivity index (χ2n) is 7.38. The summed E-state index contributed by atoms with van der Waals surface area (Å²) < 4.78 is 46.3. The predicted octanol–water partition coefficient (Wildman–Crippen LogP) is 4.21. The Morgan fingerprint density at radius 1 is 1.30 bits per heavy atom. The van der Waals surface area contributed by atoms with Crippen molar-refractivity contribution in [1.29, 1.82) is 0 Å². The predicted molar refractivity (Wildman–Crippen MR) is 101 cm³/mol. The van der Waals surface area contributed by atoms with Gasteiger partial charge in [0.05, 0.1) is 11.9 Å². The van der Waals surface area contributed by atoms with Gasteiger partial charge >= 0.3 is 0 Å². The number of oxazole rings is 1. The van der Waals surface area contributed by atoms with Crippen LogP contribution in [-0.2, 0) is 17.8 Å². The van der Waals surface area contributed by atoms with E-state index < -0.39 is 6.43 Å². The minimum absolute atomic E-state index is 0.257. The molecule has 1 fully saturated rings. The number of aromatic nitrogens is 3. The van der Waals surface area contributed by atoms with E-state index in [0.29, 0.717) is 36.7 Å². The van der Waals surface area contributed by atoms with Crippen molar-refractivity contribution in [2.45, 2.75) is 45.2 Å². The zero-order valence-corrected chi connectivity index (χ0v) is 16.4. The van der Waals surface area contributed by atoms with Crippen LogP contribution < -0.4 is 0 Å². The summed E-state index contributed by atoms with van der Waals surface area (Å²) in [5.41, 5.74) is 1.05. The van der Waals surface area contributed by atoms with Crippen LogP contribution in [0, 0.1) is 12.7 Å². The number of benzene rings is 1. The van der Waals surface area contributed by atoms with Gasteiger partial charge in [0, 0.05) is 13.0 Å². The number of alkyl halides is 2. The molecule has 158 valence electrons. The van der Waals surface area contributed by atoms with Crippen molar-refractivity contribution < 1.29 is 22.4 Å². The smallest absolute Gasteiger partial charge is 0.280 e. The Bertz CT molecular complexity index is 1030. The molecular formula is C21H21F3N4O2. The summed E-state index contributed by atoms with van der Waals surface area (Å²) in [4.78, 5) is 18.8. The van der Waals surface area contributed by atoms with Gasteiger partial charge in [0.2, 0.25) is 11.8 Å². The van der Waals surface area contributed by atoms with Crippen LogP contribution >= 0.6 is 0 Å². The molecule has 1 aliphatic rings. The van der Waals surface area contributed by atoms with E-state index in [9.17, 15) is 18.0 Å². The van der Waals surface area contributed by atoms with Crippen LogP contribution in [0.5, 0.6) is 0 Å². The monoisotopic (exact) mass is 418 g/mol. The molecule has 0 spiro atoms. The van der Waals surface area contributed by atoms with E-state index in [0.717, 1.165) is 16.7 Å². The van der Waals surface area contributed by atoms with Crippen LogP contribution in [0.2, 0.25) is 0 Å². The Balaban J connectivity index is 1.46. The molecule has 2 aromatic heterocycles. The highest BCUT2D eigenvalue weighted by Crippen LogP contribution is 2.32. The van der Waals surface area contributed by atoms with E-state index in [-0.39, 0.29) is 30.0 Å². The molecule has 1 saturated heterocycles. The number of likely N-dealkylation sites (tertiary alicyclic amines) is 1. The largest absolute Gasteiger partial charge is 0.443 e. The first-order valence-corrected chi connectivity index (χ1v) is 9.71. The molecule has 0 saturated carbocycles. The summed E-state index contributed by atoms with van der Waals surface area (Å²) in [6.07, 6.45) is 0.812. The first-order chi connectivity index (χ1) is 14.4. The summed E-state index contributed by atoms with van der Waals surface area (Å²) in [5, 5.41) is 4.02. The van der Waals surface area contributed by atoms with Crippen LogP contribution in [0.3, 0.4) is 0 Å². The maximum atomic E-state index is 13.2. The van der Waals surface area contributed by atoms with Crippen molar-refractivity contribution >= 4 is 5.91 Å². The van der Waals surface area contributed by atoms with Gasteiger partial charge in [-0.15, -0.1) is 0 Å². The van der Waals surface area contributed by atoms with Crippen molar-refractivity contribution in [3.63, 3.8) is 0 Å². The third-order valence-corrected chi connectivity index (χ3v) is 5.16. The van der Waals surface area contributed by atoms with Gasteiger partial charge in [-0.05, 0) is 43.5 Å². The highest BCUT2D eigenvalue weighted by Gasteiger charge is 2.34. The highest BCUT2D eigenvalue weighted by atomic mass is 19.3. The quantitative estimate of drug-likeness (QED) is 0.602. The van der Waals surface area contributed by atoms with Gasteiger partial charge in [-0.1, -0.05) is 12.1 Å². The minimum Gasteiger partial charge on any atom is -0.443 e. The SMILES string of the molecule is Cc1cc(C(F)F)n(CC(=O)N2CCC[C@@H]2c2ncc(Cc3ccc(F)cc3)o2)n1. The van der Waals surface area contributed by atoms with E-state index in [1.54, 1.807) is 30.2 Å². The highest BCUT2D eigenvalue weighted by molar-refractivity contribution is 5.76. The normalized spacial score (nSPS) is 16.6. The molecule has 3 heterocycles. The van der Waals surface area contributed by atoms with Crippen molar-refractivity contribution in [1.82, 2.24) is 19.7 Å². The van der Waals surface area contributed by atoms with Crippen LogP contribution in [0.25, 0.3) is 0 Å². The maximum absolute atomic E-state index is 13.2. The van der Waals surface area contributed by atoms with E-state index in [2.05, 4.69) is 10.1 Å². The molecule has 0 radical (unpaired) electrons. The lowest BCUT2D eigenvalue weighted by molar-refractivity contribution is -0.133. The van der Waals surface area contributed by atoms with Crippen LogP contribution in [-0.4, -0.2) is 32.1 Å². The Morgan fingerprint density at radius 2 is 2.07 bits per heavy atom. The third-order valence-electron chi connectivity index (χ3n) is 5.16. The van der Waals surface area contributed by atoms with Gasteiger partial charge in [-0.25, -0.2) is 18.2 Å². The fourth-order valence-electron chi connectivity index (χ4n) is 3.77. The number of hydrogen-bond acceptors (Lipinski definition) is 4. The number of rotatable bonds is 6. The van der Waals surface area contributed by atoms with Gasteiger partial charge in [-0.2, -0.15) is 5.10 Å². The lowest BCUT2D eigenvalue weighted by Gasteiger charge is -2.22. The number of carbonyl (C=O) groups is 1. The topological polar surface area (TPSA) is 64.2 Å². The second-order valence-corrected chi connectivity index (χ2v) is 7.38. The average molecular weight is 418 g/mol. The van der Waals surface area contributed by atoms with E-state index in [4.69, 9.17) is 4.42 Å². The van der Waals surface area contributed by atoms with Gasteiger partial charge in [0.1, 0.15) is 29.9 Å². The van der Waals surface area contributed by atoms with Crippen LogP contribution in [0.1, 0.15) is 53.9 Å². The fraction of sp³-hybridized carbons (Fsp3) is 0.381. The number of aryl methyl sites for hydroxylation is 1. The summed E-state index contributed by atoms with van der Waals surface area (Å²) >= 11 is 0. The number of halogens is 3. The lowest BCUT2D eigenvalue weighted by Crippen LogP contribution is -2.34. The first kappa shape index (κ1) is 20.2. The minimum atomic E-state index is -2.70. The number of carbonyl (C=O) groups excluding carboxylic acids is 1. The Labute approximate surface area is 171 Å². The van der Waals surface area contributed by atoms with Crippen molar-refractivity contribution in [3.05, 3.63) is 70.9 Å². The molecular weight excluding hydrogens is 397 g/mol. The van der Waals surface area contributed by atoms with Crippen LogP contribution in [0.15, 0.2) is 40.9 Å². The molecule has 1 aliphatic heterocycles. The van der Waals surface area contributed by atoms with Crippen LogP contribution in [0.4, 0.5) is 13.2 Å². The van der Waals surface area contributed by atoms with Gasteiger partial charge in [0.15, 0.2) is 0 Å². The summed E-state index contributed by atoms with van der Waals surface area (Å²) in [5.74, 6) is 0.419. The molecule has 4 rings (SSSR count). The second kappa shape index (κ2) is 8.33. The average Bonchev–Trinajstić information content (AvgIpc) is 3.43. The number of nitrogens with zero attached hydrogens (tertiary/aromatic N) is 4. The molecule has 30 heavy (non-hydrogen) atoms. The summed E-state index contributed by atoms with van der Waals surface area (Å²) in [7, 11) is 0. The van der Waals surface area contributed by atoms with Gasteiger partial charge < -0.3 is 9.32 Å². The fourth-order valence-corrected chi connectivity index (χ4v) is 3.77. The summed E-state index contributed by atoms with van der Waals surface area (Å²) in [6.45, 7) is 1.86. The Kier molecular flexibility index (Phi) is 5.61. The van der Waals surface area contributed by atoms with Gasteiger partial charge in [0.25, 0.3) is 6.43 Å². The zero-order chi connectivity index (χ0) is 21.3. The van der Waals surface area contributed by atoms with E-state index >= 15 is 0 Å². The molecule has 0 aliphatic carbocycles. The van der Waals surface area contributed by atoms with Crippen molar-refractivity contribution in [2.75, 3.05) is 6.54 Å². The molecule has 1 amide bonds. The number of hydrogen-bond donors (Lipinski definition) is 0. The number of amides is 1. The van der Waals surface area contributed by atoms with E-state index in [1.807, 2.05) is 0 Å². The molecule has 6 nitrogen and oxygen atoms in total. The molecule has 1 aromatic carbocycles.